The summed E-state index contributed by atoms with van der Waals surface area (Å²) in [6, 6.07) is 8.73. The van der Waals surface area contributed by atoms with E-state index in [1.54, 1.807) is 11.3 Å². The number of halogens is 2. The van der Waals surface area contributed by atoms with E-state index in [9.17, 15) is 0 Å². The zero-order valence-corrected chi connectivity index (χ0v) is 14.2. The van der Waals surface area contributed by atoms with E-state index < -0.39 is 0 Å². The lowest BCUT2D eigenvalue weighted by Gasteiger charge is -2.19. The number of benzene rings is 1. The molecule has 102 valence electrons. The molecule has 19 heavy (non-hydrogen) atoms. The van der Waals surface area contributed by atoms with Crippen LogP contribution in [0.4, 0.5) is 0 Å². The third-order valence-corrected chi connectivity index (χ3v) is 5.49. The Bertz CT molecular complexity index is 553. The highest BCUT2D eigenvalue weighted by atomic mass is 79.9. The SMILES string of the molecule is CCNC(Cc1sccc1Br)c1ccc(C)c(Cl)c1. The predicted molar refractivity (Wildman–Crippen MR) is 88.3 cm³/mol. The van der Waals surface area contributed by atoms with Gasteiger partial charge in [0.2, 0.25) is 0 Å². The summed E-state index contributed by atoms with van der Waals surface area (Å²) in [5, 5.41) is 6.49. The van der Waals surface area contributed by atoms with Gasteiger partial charge in [0.1, 0.15) is 0 Å². The molecular formula is C15H17BrClNS. The van der Waals surface area contributed by atoms with Crippen molar-refractivity contribution in [1.82, 2.24) is 5.32 Å². The Kier molecular flexibility index (Phi) is 5.46. The van der Waals surface area contributed by atoms with E-state index in [-0.39, 0.29) is 0 Å². The van der Waals surface area contributed by atoms with E-state index in [1.807, 2.05) is 6.92 Å². The first-order chi connectivity index (χ1) is 9.11. The van der Waals surface area contributed by atoms with Gasteiger partial charge in [-0.3, -0.25) is 0 Å². The first kappa shape index (κ1) is 15.0. The maximum Gasteiger partial charge on any atom is 0.0438 e. The Labute approximate surface area is 132 Å². The predicted octanol–water partition coefficient (Wildman–Crippen LogP) is 5.37. The van der Waals surface area contributed by atoms with E-state index in [1.165, 1.54) is 14.9 Å². The summed E-state index contributed by atoms with van der Waals surface area (Å²) in [5.41, 5.74) is 2.37. The number of nitrogens with one attached hydrogen (secondary N) is 1. The van der Waals surface area contributed by atoms with Crippen LogP contribution < -0.4 is 5.32 Å². The third-order valence-electron chi connectivity index (χ3n) is 3.13. The largest absolute Gasteiger partial charge is 0.310 e. The van der Waals surface area contributed by atoms with Crippen molar-refractivity contribution in [1.29, 1.82) is 0 Å². The van der Waals surface area contributed by atoms with E-state index in [0.29, 0.717) is 6.04 Å². The number of thiophene rings is 1. The van der Waals surface area contributed by atoms with Crippen LogP contribution in [0.25, 0.3) is 0 Å². The van der Waals surface area contributed by atoms with Gasteiger partial charge in [0.15, 0.2) is 0 Å². The minimum absolute atomic E-state index is 0.304. The zero-order valence-electron chi connectivity index (χ0n) is 11.0. The van der Waals surface area contributed by atoms with Gasteiger partial charge < -0.3 is 5.32 Å². The van der Waals surface area contributed by atoms with Crippen LogP contribution in [0.1, 0.15) is 29.0 Å². The molecule has 0 saturated carbocycles. The highest BCUT2D eigenvalue weighted by Gasteiger charge is 2.14. The molecular weight excluding hydrogens is 342 g/mol. The van der Waals surface area contributed by atoms with Crippen molar-refractivity contribution in [3.63, 3.8) is 0 Å². The number of hydrogen-bond donors (Lipinski definition) is 1. The van der Waals surface area contributed by atoms with Crippen molar-refractivity contribution < 1.29 is 0 Å². The number of hydrogen-bond acceptors (Lipinski definition) is 2. The fourth-order valence-electron chi connectivity index (χ4n) is 2.04. The summed E-state index contributed by atoms with van der Waals surface area (Å²) in [6.45, 7) is 5.11. The van der Waals surface area contributed by atoms with Crippen LogP contribution in [0.3, 0.4) is 0 Å². The van der Waals surface area contributed by atoms with Gasteiger partial charge in [-0.1, -0.05) is 30.7 Å². The molecule has 0 bridgehead atoms. The fourth-order valence-corrected chi connectivity index (χ4v) is 3.79. The van der Waals surface area contributed by atoms with Gasteiger partial charge in [0.25, 0.3) is 0 Å². The summed E-state index contributed by atoms with van der Waals surface area (Å²) < 4.78 is 1.19. The lowest BCUT2D eigenvalue weighted by atomic mass is 10.0. The van der Waals surface area contributed by atoms with Crippen LogP contribution in [-0.2, 0) is 6.42 Å². The lowest BCUT2D eigenvalue weighted by molar-refractivity contribution is 0.552. The Balaban J connectivity index is 2.24. The van der Waals surface area contributed by atoms with Crippen molar-refractivity contribution in [2.75, 3.05) is 6.54 Å². The molecule has 1 nitrogen and oxygen atoms in total. The molecule has 0 spiro atoms. The molecule has 2 rings (SSSR count). The third kappa shape index (κ3) is 3.82. The monoisotopic (exact) mass is 357 g/mol. The Morgan fingerprint density at radius 2 is 2.16 bits per heavy atom. The summed E-state index contributed by atoms with van der Waals surface area (Å²) in [7, 11) is 0. The average Bonchev–Trinajstić information content (AvgIpc) is 2.78. The second kappa shape index (κ2) is 6.89. The first-order valence-electron chi connectivity index (χ1n) is 6.33. The maximum atomic E-state index is 6.24. The van der Waals surface area contributed by atoms with Crippen LogP contribution in [0.2, 0.25) is 5.02 Å². The van der Waals surface area contributed by atoms with E-state index in [4.69, 9.17) is 11.6 Å². The lowest BCUT2D eigenvalue weighted by Crippen LogP contribution is -2.22. The van der Waals surface area contributed by atoms with E-state index in [2.05, 4.69) is 57.8 Å². The van der Waals surface area contributed by atoms with E-state index >= 15 is 0 Å². The highest BCUT2D eigenvalue weighted by Crippen LogP contribution is 2.29. The van der Waals surface area contributed by atoms with Crippen molar-refractivity contribution in [3.8, 4) is 0 Å². The van der Waals surface area contributed by atoms with Gasteiger partial charge in [-0.2, -0.15) is 0 Å². The second-order valence-electron chi connectivity index (χ2n) is 4.51. The molecule has 0 saturated heterocycles. The van der Waals surface area contributed by atoms with Crippen molar-refractivity contribution in [3.05, 3.63) is 55.1 Å². The minimum Gasteiger partial charge on any atom is -0.310 e. The van der Waals surface area contributed by atoms with Crippen LogP contribution >= 0.6 is 38.9 Å². The number of aryl methyl sites for hydroxylation is 1. The molecule has 0 amide bonds. The quantitative estimate of drug-likeness (QED) is 0.758. The summed E-state index contributed by atoms with van der Waals surface area (Å²) >= 11 is 11.6. The van der Waals surface area contributed by atoms with Crippen LogP contribution in [0.15, 0.2) is 34.1 Å². The molecule has 1 atom stereocenters. The normalized spacial score (nSPS) is 12.6. The van der Waals surface area contributed by atoms with Crippen LogP contribution in [0, 0.1) is 6.92 Å². The molecule has 1 unspecified atom stereocenters. The molecule has 0 aliphatic rings. The molecule has 4 heteroatoms. The molecule has 2 aromatic rings. The molecule has 1 aromatic heterocycles. The summed E-state index contributed by atoms with van der Waals surface area (Å²) in [5.74, 6) is 0. The summed E-state index contributed by atoms with van der Waals surface area (Å²) in [4.78, 5) is 1.36. The Morgan fingerprint density at radius 3 is 2.74 bits per heavy atom. The topological polar surface area (TPSA) is 12.0 Å². The van der Waals surface area contributed by atoms with Gasteiger partial charge in [-0.05, 0) is 58.0 Å². The average molecular weight is 359 g/mol. The molecule has 1 heterocycles. The van der Waals surface area contributed by atoms with Crippen LogP contribution in [-0.4, -0.2) is 6.54 Å². The molecule has 1 aromatic carbocycles. The van der Waals surface area contributed by atoms with Gasteiger partial charge in [0, 0.05) is 26.8 Å². The number of likely N-dealkylation sites (N-methyl/N-ethyl adjacent to an activating group) is 1. The zero-order chi connectivity index (χ0) is 13.8. The fraction of sp³-hybridized carbons (Fsp3) is 0.333. The second-order valence-corrected chi connectivity index (χ2v) is 6.78. The van der Waals surface area contributed by atoms with Crippen molar-refractivity contribution >= 4 is 38.9 Å². The standard InChI is InChI=1S/C15H17BrClNS/c1-3-18-14(9-15-12(16)6-7-19-15)11-5-4-10(2)13(17)8-11/h4-8,14,18H,3,9H2,1-2H3. The first-order valence-corrected chi connectivity index (χ1v) is 8.38. The molecule has 0 fully saturated rings. The highest BCUT2D eigenvalue weighted by molar-refractivity contribution is 9.10. The Hall–Kier alpha value is -0.350. The Morgan fingerprint density at radius 1 is 1.37 bits per heavy atom. The molecule has 0 radical (unpaired) electrons. The van der Waals surface area contributed by atoms with Crippen LogP contribution in [0.5, 0.6) is 0 Å². The van der Waals surface area contributed by atoms with Gasteiger partial charge >= 0.3 is 0 Å². The van der Waals surface area contributed by atoms with E-state index in [0.717, 1.165) is 23.6 Å². The maximum absolute atomic E-state index is 6.24. The van der Waals surface area contributed by atoms with Crippen molar-refractivity contribution in [2.24, 2.45) is 0 Å². The molecule has 0 aliphatic carbocycles. The van der Waals surface area contributed by atoms with Gasteiger partial charge in [-0.25, -0.2) is 0 Å². The molecule has 1 N–H and O–H groups in total. The smallest absolute Gasteiger partial charge is 0.0438 e. The molecule has 0 aliphatic heterocycles. The minimum atomic E-state index is 0.304. The van der Waals surface area contributed by atoms with Crippen molar-refractivity contribution in [2.45, 2.75) is 26.3 Å². The van der Waals surface area contributed by atoms with Gasteiger partial charge in [0.05, 0.1) is 0 Å². The number of rotatable bonds is 5. The summed E-state index contributed by atoms with van der Waals surface area (Å²) in [6.07, 6.45) is 0.978. The van der Waals surface area contributed by atoms with Gasteiger partial charge in [-0.15, -0.1) is 11.3 Å².